The summed E-state index contributed by atoms with van der Waals surface area (Å²) in [6.45, 7) is 0. The number of nitriles is 2. The van der Waals surface area contributed by atoms with Gasteiger partial charge < -0.3 is 0 Å². The smallest absolute Gasteiger partial charge is 0.130 e. The largest absolute Gasteiger partial charge is 0.206 e. The molecule has 0 radical (unpaired) electrons. The van der Waals surface area contributed by atoms with Gasteiger partial charge in [-0.1, -0.05) is 35.3 Å². The van der Waals surface area contributed by atoms with Crippen LogP contribution in [0.1, 0.15) is 16.7 Å². The Morgan fingerprint density at radius 1 is 1.00 bits per heavy atom. The maximum absolute atomic E-state index is 13.8. The molecular formula is C17H9Cl2FN2. The van der Waals surface area contributed by atoms with Gasteiger partial charge in [-0.2, -0.15) is 10.5 Å². The summed E-state index contributed by atoms with van der Waals surface area (Å²) in [6, 6.07) is 13.3. The highest BCUT2D eigenvalue weighted by Crippen LogP contribution is 2.24. The molecule has 0 aliphatic heterocycles. The highest BCUT2D eigenvalue weighted by molar-refractivity contribution is 6.42. The third-order valence-corrected chi connectivity index (χ3v) is 3.73. The number of benzene rings is 2. The summed E-state index contributed by atoms with van der Waals surface area (Å²) < 4.78 is 13.8. The zero-order valence-corrected chi connectivity index (χ0v) is 12.8. The molecule has 0 unspecified atom stereocenters. The van der Waals surface area contributed by atoms with E-state index in [1.165, 1.54) is 12.1 Å². The first kappa shape index (κ1) is 16.0. The Morgan fingerprint density at radius 2 is 1.64 bits per heavy atom. The number of hydrogen-bond acceptors (Lipinski definition) is 2. The average Bonchev–Trinajstić information content (AvgIpc) is 2.51. The van der Waals surface area contributed by atoms with E-state index < -0.39 is 5.82 Å². The first-order chi connectivity index (χ1) is 10.5. The van der Waals surface area contributed by atoms with Gasteiger partial charge >= 0.3 is 0 Å². The van der Waals surface area contributed by atoms with E-state index in [0.29, 0.717) is 16.5 Å². The highest BCUT2D eigenvalue weighted by Gasteiger charge is 2.06. The standard InChI is InChI=1S/C17H9Cl2FN2/c18-15-3-1-12(8-16(15)19)5-11-2-4-17(20)14(6-11)7-13(9-21)10-22/h1-4,6-8H,5H2. The minimum absolute atomic E-state index is 0.148. The van der Waals surface area contributed by atoms with Crippen molar-refractivity contribution in [2.75, 3.05) is 0 Å². The van der Waals surface area contributed by atoms with Crippen LogP contribution in [0.15, 0.2) is 42.0 Å². The molecule has 22 heavy (non-hydrogen) atoms. The van der Waals surface area contributed by atoms with Crippen LogP contribution in [-0.4, -0.2) is 0 Å². The Bertz CT molecular complexity index is 814. The fourth-order valence-corrected chi connectivity index (χ4v) is 2.26. The van der Waals surface area contributed by atoms with E-state index in [4.69, 9.17) is 33.7 Å². The third kappa shape index (κ3) is 3.86. The lowest BCUT2D eigenvalue weighted by Gasteiger charge is -2.06. The number of nitrogens with zero attached hydrogens (tertiary/aromatic N) is 2. The van der Waals surface area contributed by atoms with Crippen molar-refractivity contribution in [1.82, 2.24) is 0 Å². The molecule has 0 spiro atoms. The van der Waals surface area contributed by atoms with Crippen molar-refractivity contribution in [2.24, 2.45) is 0 Å². The summed E-state index contributed by atoms with van der Waals surface area (Å²) >= 11 is 11.8. The van der Waals surface area contributed by atoms with Gasteiger partial charge in [0.15, 0.2) is 0 Å². The van der Waals surface area contributed by atoms with Gasteiger partial charge in [0.25, 0.3) is 0 Å². The van der Waals surface area contributed by atoms with Crippen molar-refractivity contribution >= 4 is 29.3 Å². The normalized spacial score (nSPS) is 9.68. The molecule has 0 saturated carbocycles. The summed E-state index contributed by atoms with van der Waals surface area (Å²) in [4.78, 5) is 0. The van der Waals surface area contributed by atoms with E-state index in [2.05, 4.69) is 0 Å². The molecule has 2 aromatic rings. The minimum Gasteiger partial charge on any atom is -0.206 e. The second-order valence-corrected chi connectivity index (χ2v) is 5.38. The molecule has 2 aromatic carbocycles. The van der Waals surface area contributed by atoms with Crippen LogP contribution < -0.4 is 0 Å². The first-order valence-electron chi connectivity index (χ1n) is 6.27. The quantitative estimate of drug-likeness (QED) is 0.730. The van der Waals surface area contributed by atoms with Gasteiger partial charge in [0.1, 0.15) is 23.5 Å². The van der Waals surface area contributed by atoms with Gasteiger partial charge in [0, 0.05) is 5.56 Å². The van der Waals surface area contributed by atoms with E-state index in [9.17, 15) is 4.39 Å². The van der Waals surface area contributed by atoms with Crippen molar-refractivity contribution in [1.29, 1.82) is 10.5 Å². The molecule has 0 atom stereocenters. The van der Waals surface area contributed by atoms with Crippen molar-refractivity contribution in [2.45, 2.75) is 6.42 Å². The summed E-state index contributed by atoms with van der Waals surface area (Å²) in [6.07, 6.45) is 1.76. The number of allylic oxidation sites excluding steroid dienone is 1. The summed E-state index contributed by atoms with van der Waals surface area (Å²) in [5.74, 6) is -0.485. The maximum Gasteiger partial charge on any atom is 0.130 e. The summed E-state index contributed by atoms with van der Waals surface area (Å²) in [5.41, 5.74) is 1.82. The Balaban J connectivity index is 2.34. The van der Waals surface area contributed by atoms with Crippen LogP contribution in [0.2, 0.25) is 10.0 Å². The Hall–Kier alpha value is -2.33. The van der Waals surface area contributed by atoms with Gasteiger partial charge in [-0.15, -0.1) is 0 Å². The Labute approximate surface area is 137 Å². The molecule has 0 bridgehead atoms. The van der Waals surface area contributed by atoms with Crippen molar-refractivity contribution < 1.29 is 4.39 Å². The summed E-state index contributed by atoms with van der Waals surface area (Å²) in [7, 11) is 0. The fourth-order valence-electron chi connectivity index (χ4n) is 1.94. The Morgan fingerprint density at radius 3 is 2.27 bits per heavy atom. The van der Waals surface area contributed by atoms with Gasteiger partial charge in [-0.25, -0.2) is 4.39 Å². The van der Waals surface area contributed by atoms with E-state index in [-0.39, 0.29) is 11.1 Å². The fraction of sp³-hybridized carbons (Fsp3) is 0.0588. The second kappa shape index (κ2) is 7.09. The van der Waals surface area contributed by atoms with Crippen molar-refractivity contribution in [3.05, 3.63) is 74.5 Å². The lowest BCUT2D eigenvalue weighted by Crippen LogP contribution is -1.92. The second-order valence-electron chi connectivity index (χ2n) is 4.56. The molecule has 0 aromatic heterocycles. The van der Waals surface area contributed by atoms with Gasteiger partial charge in [0.2, 0.25) is 0 Å². The molecule has 0 aliphatic carbocycles. The molecule has 5 heteroatoms. The first-order valence-corrected chi connectivity index (χ1v) is 7.03. The molecule has 108 valence electrons. The minimum atomic E-state index is -0.485. The van der Waals surface area contributed by atoms with Gasteiger partial charge in [-0.3, -0.25) is 0 Å². The molecule has 2 rings (SSSR count). The molecule has 0 saturated heterocycles. The topological polar surface area (TPSA) is 47.6 Å². The lowest BCUT2D eigenvalue weighted by atomic mass is 10.0. The van der Waals surface area contributed by atoms with Crippen LogP contribution in [0.3, 0.4) is 0 Å². The lowest BCUT2D eigenvalue weighted by molar-refractivity contribution is 0.624. The Kier molecular flexibility index (Phi) is 5.17. The van der Waals surface area contributed by atoms with E-state index >= 15 is 0 Å². The van der Waals surface area contributed by atoms with E-state index in [1.807, 2.05) is 6.07 Å². The number of hydrogen-bond donors (Lipinski definition) is 0. The average molecular weight is 331 g/mol. The van der Waals surface area contributed by atoms with Crippen molar-refractivity contribution in [3.8, 4) is 12.1 Å². The van der Waals surface area contributed by atoms with Crippen LogP contribution in [0.4, 0.5) is 4.39 Å². The predicted octanol–water partition coefficient (Wildman–Crippen LogP) is 5.15. The van der Waals surface area contributed by atoms with Crippen LogP contribution in [0.5, 0.6) is 0 Å². The van der Waals surface area contributed by atoms with E-state index in [0.717, 1.165) is 11.1 Å². The maximum atomic E-state index is 13.8. The van der Waals surface area contributed by atoms with Crippen LogP contribution in [-0.2, 0) is 6.42 Å². The molecule has 0 amide bonds. The van der Waals surface area contributed by atoms with Gasteiger partial charge in [0.05, 0.1) is 10.0 Å². The number of halogens is 3. The zero-order valence-electron chi connectivity index (χ0n) is 11.3. The molecule has 0 aliphatic rings. The van der Waals surface area contributed by atoms with Crippen LogP contribution >= 0.6 is 23.2 Å². The van der Waals surface area contributed by atoms with Gasteiger partial charge in [-0.05, 0) is 47.9 Å². The van der Waals surface area contributed by atoms with Crippen LogP contribution in [0.25, 0.3) is 6.08 Å². The molecule has 0 heterocycles. The molecule has 2 nitrogen and oxygen atoms in total. The van der Waals surface area contributed by atoms with E-state index in [1.54, 1.807) is 36.4 Å². The van der Waals surface area contributed by atoms with Crippen molar-refractivity contribution in [3.63, 3.8) is 0 Å². The predicted molar refractivity (Wildman–Crippen MR) is 84.9 cm³/mol. The zero-order chi connectivity index (χ0) is 16.1. The number of rotatable bonds is 3. The third-order valence-electron chi connectivity index (χ3n) is 2.99. The highest BCUT2D eigenvalue weighted by atomic mass is 35.5. The SMILES string of the molecule is N#CC(C#N)=Cc1cc(Cc2ccc(Cl)c(Cl)c2)ccc1F. The summed E-state index contributed by atoms with van der Waals surface area (Å²) in [5, 5.41) is 18.4. The molecule has 0 fully saturated rings. The molecule has 0 N–H and O–H groups in total. The molecular weight excluding hydrogens is 322 g/mol. The monoisotopic (exact) mass is 330 g/mol. The van der Waals surface area contributed by atoms with Crippen LogP contribution in [0, 0.1) is 28.5 Å².